The van der Waals surface area contributed by atoms with Crippen LogP contribution < -0.4 is 16.0 Å². The number of carbonyl (C=O) groups is 4. The zero-order valence-corrected chi connectivity index (χ0v) is 20.8. The van der Waals surface area contributed by atoms with Crippen molar-refractivity contribution < 1.29 is 19.2 Å². The molecule has 3 aliphatic rings. The van der Waals surface area contributed by atoms with Crippen molar-refractivity contribution in [3.05, 3.63) is 0 Å². The van der Waals surface area contributed by atoms with Crippen LogP contribution in [0, 0.1) is 0 Å². The van der Waals surface area contributed by atoms with E-state index in [-0.39, 0.29) is 18.0 Å². The SMILES string of the molecule is CCCC[C@H](NC(=O)C1(NC(=O)N2CCSCC2)CCCCC1)C(=O)C(=O)NC1CCCC1. The second-order valence-corrected chi connectivity index (χ2v) is 10.9. The van der Waals surface area contributed by atoms with Gasteiger partial charge in [-0.15, -0.1) is 0 Å². The lowest BCUT2D eigenvalue weighted by Gasteiger charge is -2.39. The third kappa shape index (κ3) is 7.11. The van der Waals surface area contributed by atoms with Gasteiger partial charge in [0, 0.05) is 30.6 Å². The normalized spacial score (nSPS) is 21.8. The van der Waals surface area contributed by atoms with Crippen LogP contribution in [0.2, 0.25) is 0 Å². The van der Waals surface area contributed by atoms with Crippen molar-refractivity contribution in [2.75, 3.05) is 24.6 Å². The van der Waals surface area contributed by atoms with Crippen molar-refractivity contribution in [3.8, 4) is 0 Å². The maximum Gasteiger partial charge on any atom is 0.318 e. The third-order valence-electron chi connectivity index (χ3n) is 7.17. The van der Waals surface area contributed by atoms with Crippen LogP contribution in [0.3, 0.4) is 0 Å². The molecule has 8 nitrogen and oxygen atoms in total. The molecular formula is C24H40N4O4S. The molecule has 0 bridgehead atoms. The van der Waals surface area contributed by atoms with Gasteiger partial charge in [0.05, 0.1) is 6.04 Å². The quantitative estimate of drug-likeness (QED) is 0.440. The van der Waals surface area contributed by atoms with Crippen molar-refractivity contribution in [2.45, 2.75) is 102 Å². The van der Waals surface area contributed by atoms with Gasteiger partial charge in [0.15, 0.2) is 0 Å². The van der Waals surface area contributed by atoms with E-state index in [1.54, 1.807) is 4.90 Å². The fraction of sp³-hybridized carbons (Fsp3) is 0.833. The molecule has 0 aromatic carbocycles. The van der Waals surface area contributed by atoms with Gasteiger partial charge in [-0.1, -0.05) is 51.9 Å². The Hall–Kier alpha value is -1.77. The van der Waals surface area contributed by atoms with Crippen LogP contribution in [0.25, 0.3) is 0 Å². The van der Waals surface area contributed by atoms with Crippen LogP contribution in [-0.2, 0) is 14.4 Å². The van der Waals surface area contributed by atoms with E-state index in [4.69, 9.17) is 0 Å². The first-order valence-electron chi connectivity index (χ1n) is 12.8. The molecule has 0 spiro atoms. The predicted octanol–water partition coefficient (Wildman–Crippen LogP) is 2.75. The number of amides is 4. The summed E-state index contributed by atoms with van der Waals surface area (Å²) in [6.45, 7) is 3.36. The Bertz CT molecular complexity index is 699. The molecule has 0 radical (unpaired) electrons. The summed E-state index contributed by atoms with van der Waals surface area (Å²) >= 11 is 1.82. The number of ketones is 1. The van der Waals surface area contributed by atoms with E-state index in [1.165, 1.54) is 0 Å². The molecule has 0 aromatic rings. The van der Waals surface area contributed by atoms with Gasteiger partial charge in [0.25, 0.3) is 5.91 Å². The first-order valence-corrected chi connectivity index (χ1v) is 13.9. The average Bonchev–Trinajstić information content (AvgIpc) is 3.35. The Kier molecular flexibility index (Phi) is 9.89. The van der Waals surface area contributed by atoms with Gasteiger partial charge >= 0.3 is 6.03 Å². The molecule has 3 fully saturated rings. The summed E-state index contributed by atoms with van der Waals surface area (Å²) in [7, 11) is 0. The van der Waals surface area contributed by atoms with E-state index in [2.05, 4.69) is 16.0 Å². The lowest BCUT2D eigenvalue weighted by molar-refractivity contribution is -0.141. The van der Waals surface area contributed by atoms with Gasteiger partial charge in [-0.2, -0.15) is 11.8 Å². The number of thioether (sulfide) groups is 1. The van der Waals surface area contributed by atoms with Gasteiger partial charge in [-0.25, -0.2) is 4.79 Å². The first kappa shape index (κ1) is 25.8. The topological polar surface area (TPSA) is 108 Å². The summed E-state index contributed by atoms with van der Waals surface area (Å²) in [6, 6.07) is -1.01. The third-order valence-corrected chi connectivity index (χ3v) is 8.11. The van der Waals surface area contributed by atoms with E-state index < -0.39 is 23.3 Å². The Labute approximate surface area is 201 Å². The molecule has 9 heteroatoms. The number of nitrogens with zero attached hydrogens (tertiary/aromatic N) is 1. The molecule has 2 saturated carbocycles. The minimum absolute atomic E-state index is 0.0515. The molecule has 1 atom stereocenters. The number of carbonyl (C=O) groups excluding carboxylic acids is 4. The van der Waals surface area contributed by atoms with E-state index >= 15 is 0 Å². The number of unbranched alkanes of at least 4 members (excludes halogenated alkanes) is 1. The highest BCUT2D eigenvalue weighted by Crippen LogP contribution is 2.29. The van der Waals surface area contributed by atoms with Crippen LogP contribution in [0.4, 0.5) is 4.79 Å². The minimum Gasteiger partial charge on any atom is -0.347 e. The van der Waals surface area contributed by atoms with E-state index in [1.807, 2.05) is 18.7 Å². The van der Waals surface area contributed by atoms with Crippen molar-refractivity contribution in [1.29, 1.82) is 0 Å². The summed E-state index contributed by atoms with van der Waals surface area (Å²) in [4.78, 5) is 53.9. The van der Waals surface area contributed by atoms with E-state index in [0.29, 0.717) is 32.4 Å². The predicted molar refractivity (Wildman–Crippen MR) is 130 cm³/mol. The first-order chi connectivity index (χ1) is 15.9. The zero-order chi connectivity index (χ0) is 23.7. The molecule has 1 heterocycles. The molecule has 2 aliphatic carbocycles. The van der Waals surface area contributed by atoms with Crippen molar-refractivity contribution in [3.63, 3.8) is 0 Å². The number of hydrogen-bond acceptors (Lipinski definition) is 5. The fourth-order valence-electron chi connectivity index (χ4n) is 5.07. The molecule has 4 amide bonds. The number of Topliss-reactive ketones (excluding diaryl/α,β-unsaturated/α-hetero) is 1. The summed E-state index contributed by atoms with van der Waals surface area (Å²) < 4.78 is 0. The molecule has 3 N–H and O–H groups in total. The average molecular weight is 481 g/mol. The largest absolute Gasteiger partial charge is 0.347 e. The summed E-state index contributed by atoms with van der Waals surface area (Å²) in [5.74, 6) is 0.294. The Balaban J connectivity index is 1.68. The van der Waals surface area contributed by atoms with E-state index in [9.17, 15) is 19.2 Å². The highest BCUT2D eigenvalue weighted by molar-refractivity contribution is 7.99. The maximum atomic E-state index is 13.6. The zero-order valence-electron chi connectivity index (χ0n) is 20.0. The van der Waals surface area contributed by atoms with Crippen molar-refractivity contribution in [2.24, 2.45) is 0 Å². The van der Waals surface area contributed by atoms with Gasteiger partial charge in [0.1, 0.15) is 5.54 Å². The van der Waals surface area contributed by atoms with Gasteiger partial charge in [-0.3, -0.25) is 14.4 Å². The molecule has 33 heavy (non-hydrogen) atoms. The van der Waals surface area contributed by atoms with Crippen LogP contribution in [0.5, 0.6) is 0 Å². The van der Waals surface area contributed by atoms with E-state index in [0.717, 1.165) is 69.3 Å². The van der Waals surface area contributed by atoms with Gasteiger partial charge in [-0.05, 0) is 32.1 Å². The summed E-state index contributed by atoms with van der Waals surface area (Å²) in [5, 5.41) is 8.79. The monoisotopic (exact) mass is 480 g/mol. The number of hydrogen-bond donors (Lipinski definition) is 3. The number of rotatable bonds is 9. The standard InChI is InChI=1S/C24H40N4O4S/c1-2-3-11-19(20(29)21(30)25-18-9-5-6-10-18)26-22(31)24(12-7-4-8-13-24)27-23(32)28-14-16-33-17-15-28/h18-19H,2-17H2,1H3,(H,25,30)(H,26,31)(H,27,32)/t19-/m0/s1. The minimum atomic E-state index is -1.02. The smallest absolute Gasteiger partial charge is 0.318 e. The highest BCUT2D eigenvalue weighted by atomic mass is 32.2. The lowest BCUT2D eigenvalue weighted by Crippen LogP contribution is -2.64. The molecular weight excluding hydrogens is 440 g/mol. The summed E-state index contributed by atoms with van der Waals surface area (Å²) in [5.41, 5.74) is -1.02. The molecule has 3 rings (SSSR count). The van der Waals surface area contributed by atoms with Crippen LogP contribution in [0.1, 0.15) is 84.0 Å². The molecule has 1 saturated heterocycles. The number of nitrogens with one attached hydrogen (secondary N) is 3. The second kappa shape index (κ2) is 12.6. The van der Waals surface area contributed by atoms with Crippen molar-refractivity contribution in [1.82, 2.24) is 20.9 Å². The van der Waals surface area contributed by atoms with Gasteiger partial charge in [0.2, 0.25) is 11.7 Å². The Morgan fingerprint density at radius 1 is 1.00 bits per heavy atom. The molecule has 1 aliphatic heterocycles. The van der Waals surface area contributed by atoms with Crippen molar-refractivity contribution >= 4 is 35.4 Å². The van der Waals surface area contributed by atoms with Gasteiger partial charge < -0.3 is 20.9 Å². The Morgan fingerprint density at radius 2 is 1.67 bits per heavy atom. The highest BCUT2D eigenvalue weighted by Gasteiger charge is 2.43. The molecule has 186 valence electrons. The molecule has 0 aromatic heterocycles. The maximum absolute atomic E-state index is 13.6. The Morgan fingerprint density at radius 3 is 2.30 bits per heavy atom. The molecule has 0 unspecified atom stereocenters. The number of urea groups is 1. The van der Waals surface area contributed by atoms with Crippen LogP contribution in [0.15, 0.2) is 0 Å². The van der Waals surface area contributed by atoms with Crippen LogP contribution in [-0.4, -0.2) is 70.7 Å². The fourth-order valence-corrected chi connectivity index (χ4v) is 5.98. The lowest BCUT2D eigenvalue weighted by atomic mass is 9.80. The second-order valence-electron chi connectivity index (χ2n) is 9.66. The summed E-state index contributed by atoms with van der Waals surface area (Å²) in [6.07, 6.45) is 9.76. The van der Waals surface area contributed by atoms with Crippen LogP contribution >= 0.6 is 11.8 Å².